The maximum absolute atomic E-state index is 11.5. The van der Waals surface area contributed by atoms with Crippen LogP contribution in [-0.4, -0.2) is 38.8 Å². The van der Waals surface area contributed by atoms with E-state index in [0.717, 1.165) is 40.6 Å². The van der Waals surface area contributed by atoms with Crippen molar-refractivity contribution in [3.8, 4) is 10.4 Å². The molecule has 0 amide bonds. The fourth-order valence-corrected chi connectivity index (χ4v) is 4.74. The van der Waals surface area contributed by atoms with Crippen molar-refractivity contribution in [3.05, 3.63) is 42.7 Å². The van der Waals surface area contributed by atoms with Crippen LogP contribution in [0.25, 0.3) is 20.7 Å². The van der Waals surface area contributed by atoms with E-state index in [2.05, 4.69) is 33.1 Å². The van der Waals surface area contributed by atoms with Gasteiger partial charge in [-0.1, -0.05) is 30.3 Å². The van der Waals surface area contributed by atoms with Crippen molar-refractivity contribution in [1.29, 1.82) is 0 Å². The zero-order valence-electron chi connectivity index (χ0n) is 11.9. The van der Waals surface area contributed by atoms with Crippen molar-refractivity contribution in [3.63, 3.8) is 0 Å². The molecule has 0 aliphatic carbocycles. The molecule has 1 saturated heterocycles. The monoisotopic (exact) mass is 329 g/mol. The molecule has 1 aliphatic heterocycles. The summed E-state index contributed by atoms with van der Waals surface area (Å²) in [6, 6.07) is 12.5. The molecule has 0 radical (unpaired) electrons. The third-order valence-electron chi connectivity index (χ3n) is 3.84. The summed E-state index contributed by atoms with van der Waals surface area (Å²) in [6.45, 7) is 1.60. The maximum atomic E-state index is 11.5. The summed E-state index contributed by atoms with van der Waals surface area (Å²) in [5.41, 5.74) is 1.20. The van der Waals surface area contributed by atoms with Gasteiger partial charge in [0.25, 0.3) is 0 Å². The minimum Gasteiger partial charge on any atom is -0.354 e. The minimum absolute atomic E-state index is 0.675. The normalized spacial score (nSPS) is 16.3. The molecule has 4 nitrogen and oxygen atoms in total. The number of thiophene rings is 1. The Hall–Kier alpha value is -1.79. The van der Waals surface area contributed by atoms with Crippen LogP contribution < -0.4 is 4.90 Å². The van der Waals surface area contributed by atoms with Crippen molar-refractivity contribution in [1.82, 2.24) is 9.97 Å². The predicted molar refractivity (Wildman–Crippen MR) is 92.9 cm³/mol. The summed E-state index contributed by atoms with van der Waals surface area (Å²) in [5.74, 6) is 2.42. The van der Waals surface area contributed by atoms with E-state index in [0.29, 0.717) is 0 Å². The van der Waals surface area contributed by atoms with Crippen LogP contribution in [-0.2, 0) is 10.8 Å². The predicted octanol–water partition coefficient (Wildman–Crippen LogP) is 2.93. The van der Waals surface area contributed by atoms with Crippen molar-refractivity contribution < 1.29 is 4.21 Å². The molecule has 0 N–H and O–H groups in total. The molecule has 1 aliphatic rings. The van der Waals surface area contributed by atoms with Gasteiger partial charge in [-0.15, -0.1) is 11.3 Å². The number of hydrogen-bond donors (Lipinski definition) is 0. The van der Waals surface area contributed by atoms with Crippen LogP contribution in [0, 0.1) is 0 Å². The molecule has 0 spiro atoms. The number of benzene rings is 1. The van der Waals surface area contributed by atoms with E-state index < -0.39 is 10.8 Å². The van der Waals surface area contributed by atoms with E-state index in [1.807, 2.05) is 18.2 Å². The molecule has 4 rings (SSSR count). The zero-order chi connectivity index (χ0) is 14.9. The lowest BCUT2D eigenvalue weighted by atomic mass is 10.2. The van der Waals surface area contributed by atoms with E-state index >= 15 is 0 Å². The Morgan fingerprint density at radius 2 is 1.86 bits per heavy atom. The number of anilines is 1. The highest BCUT2D eigenvalue weighted by atomic mass is 32.2. The van der Waals surface area contributed by atoms with E-state index in [4.69, 9.17) is 0 Å². The molecule has 1 fully saturated rings. The Morgan fingerprint density at radius 3 is 2.64 bits per heavy atom. The minimum atomic E-state index is -0.675. The molecular weight excluding hydrogens is 314 g/mol. The highest BCUT2D eigenvalue weighted by molar-refractivity contribution is 7.85. The third-order valence-corrected chi connectivity index (χ3v) is 6.21. The Balaban J connectivity index is 1.77. The van der Waals surface area contributed by atoms with Crippen LogP contribution in [0.4, 0.5) is 5.82 Å². The molecule has 0 bridgehead atoms. The lowest BCUT2D eigenvalue weighted by Crippen LogP contribution is -2.38. The number of aromatic nitrogens is 2. The van der Waals surface area contributed by atoms with Gasteiger partial charge in [-0.3, -0.25) is 4.21 Å². The number of rotatable bonds is 2. The lowest BCUT2D eigenvalue weighted by molar-refractivity contribution is 0.672. The van der Waals surface area contributed by atoms with Crippen LogP contribution in [0.3, 0.4) is 0 Å². The Bertz CT molecular complexity index is 822. The third kappa shape index (κ3) is 2.53. The van der Waals surface area contributed by atoms with Crippen molar-refractivity contribution in [2.75, 3.05) is 29.5 Å². The van der Waals surface area contributed by atoms with Crippen LogP contribution in [0.5, 0.6) is 0 Å². The van der Waals surface area contributed by atoms with Crippen molar-refractivity contribution in [2.45, 2.75) is 0 Å². The van der Waals surface area contributed by atoms with Crippen LogP contribution in [0.2, 0.25) is 0 Å². The number of nitrogens with zero attached hydrogens (tertiary/aromatic N) is 3. The SMILES string of the molecule is O=S1CCN(c2ncnc3sc(-c4ccccc4)cc23)CC1. The van der Waals surface area contributed by atoms with Gasteiger partial charge in [0.15, 0.2) is 0 Å². The van der Waals surface area contributed by atoms with Crippen LogP contribution >= 0.6 is 11.3 Å². The largest absolute Gasteiger partial charge is 0.354 e. The highest BCUT2D eigenvalue weighted by Crippen LogP contribution is 2.36. The first kappa shape index (κ1) is 13.8. The molecule has 0 saturated carbocycles. The van der Waals surface area contributed by atoms with Gasteiger partial charge in [0.1, 0.15) is 17.0 Å². The van der Waals surface area contributed by atoms with Crippen molar-refractivity contribution >= 4 is 38.2 Å². The summed E-state index contributed by atoms with van der Waals surface area (Å²) in [7, 11) is -0.675. The maximum Gasteiger partial charge on any atom is 0.140 e. The molecule has 0 atom stereocenters. The average molecular weight is 329 g/mol. The summed E-state index contributed by atoms with van der Waals surface area (Å²) < 4.78 is 11.5. The van der Waals surface area contributed by atoms with Gasteiger partial charge < -0.3 is 4.90 Å². The second kappa shape index (κ2) is 5.78. The molecule has 6 heteroatoms. The fourth-order valence-electron chi connectivity index (χ4n) is 2.69. The standard InChI is InChI=1S/C16H15N3OS2/c20-22-8-6-19(7-9-22)15-13-10-14(12-4-2-1-3-5-12)21-16(13)18-11-17-15/h1-5,10-11H,6-9H2. The van der Waals surface area contributed by atoms with E-state index in [1.54, 1.807) is 17.7 Å². The Labute approximate surface area is 135 Å². The van der Waals surface area contributed by atoms with E-state index in [-0.39, 0.29) is 0 Å². The smallest absolute Gasteiger partial charge is 0.140 e. The summed E-state index contributed by atoms with van der Waals surface area (Å²) in [4.78, 5) is 13.3. The highest BCUT2D eigenvalue weighted by Gasteiger charge is 2.20. The first-order chi connectivity index (χ1) is 10.8. The Kier molecular flexibility index (Phi) is 3.63. The second-order valence-electron chi connectivity index (χ2n) is 5.23. The van der Waals surface area contributed by atoms with Gasteiger partial charge in [-0.05, 0) is 11.6 Å². The summed E-state index contributed by atoms with van der Waals surface area (Å²) in [6.07, 6.45) is 1.63. The quantitative estimate of drug-likeness (QED) is 0.725. The van der Waals surface area contributed by atoms with Gasteiger partial charge >= 0.3 is 0 Å². The zero-order valence-corrected chi connectivity index (χ0v) is 13.6. The lowest BCUT2D eigenvalue weighted by Gasteiger charge is -2.27. The van der Waals surface area contributed by atoms with Crippen molar-refractivity contribution in [2.24, 2.45) is 0 Å². The Morgan fingerprint density at radius 1 is 1.09 bits per heavy atom. The first-order valence-electron chi connectivity index (χ1n) is 7.21. The van der Waals surface area contributed by atoms with E-state index in [1.165, 1.54) is 10.4 Å². The van der Waals surface area contributed by atoms with Gasteiger partial charge in [0.05, 0.1) is 5.39 Å². The number of hydrogen-bond acceptors (Lipinski definition) is 5. The van der Waals surface area contributed by atoms with Gasteiger partial charge in [-0.2, -0.15) is 0 Å². The molecule has 112 valence electrons. The second-order valence-corrected chi connectivity index (χ2v) is 7.95. The van der Waals surface area contributed by atoms with Crippen LogP contribution in [0.15, 0.2) is 42.7 Å². The fraction of sp³-hybridized carbons (Fsp3) is 0.250. The number of fused-ring (bicyclic) bond motifs is 1. The molecule has 3 aromatic rings. The molecule has 3 heterocycles. The molecular formula is C16H15N3OS2. The molecule has 2 aromatic heterocycles. The summed E-state index contributed by atoms with van der Waals surface area (Å²) in [5, 5.41) is 1.10. The van der Waals surface area contributed by atoms with Gasteiger partial charge in [0, 0.05) is 40.3 Å². The summed E-state index contributed by atoms with van der Waals surface area (Å²) >= 11 is 1.69. The average Bonchev–Trinajstić information content (AvgIpc) is 3.01. The molecule has 1 aromatic carbocycles. The van der Waals surface area contributed by atoms with Gasteiger partial charge in [0.2, 0.25) is 0 Å². The topological polar surface area (TPSA) is 46.1 Å². The molecule has 0 unspecified atom stereocenters. The first-order valence-corrected chi connectivity index (χ1v) is 9.51. The van der Waals surface area contributed by atoms with E-state index in [9.17, 15) is 4.21 Å². The van der Waals surface area contributed by atoms with Crippen LogP contribution in [0.1, 0.15) is 0 Å². The molecule has 22 heavy (non-hydrogen) atoms. The van der Waals surface area contributed by atoms with Gasteiger partial charge in [-0.25, -0.2) is 9.97 Å².